The second kappa shape index (κ2) is 8.18. The van der Waals surface area contributed by atoms with Gasteiger partial charge < -0.3 is 4.90 Å². The summed E-state index contributed by atoms with van der Waals surface area (Å²) in [6.45, 7) is 9.23. The summed E-state index contributed by atoms with van der Waals surface area (Å²) in [5.41, 5.74) is 1.38. The summed E-state index contributed by atoms with van der Waals surface area (Å²) in [5.74, 6) is 0.955. The third-order valence-electron chi connectivity index (χ3n) is 4.30. The van der Waals surface area contributed by atoms with Gasteiger partial charge in [0.05, 0.1) is 0 Å². The average Bonchev–Trinajstić information content (AvgIpc) is 2.93. The number of rotatable bonds is 7. The molecule has 1 amide bonds. The van der Waals surface area contributed by atoms with Gasteiger partial charge in [-0.2, -0.15) is 0 Å². The Labute approximate surface area is 128 Å². The van der Waals surface area contributed by atoms with Crippen molar-refractivity contribution in [3.63, 3.8) is 0 Å². The lowest BCUT2D eigenvalue weighted by Gasteiger charge is -2.24. The Morgan fingerprint density at radius 1 is 1.29 bits per heavy atom. The van der Waals surface area contributed by atoms with E-state index in [1.807, 2.05) is 4.90 Å². The normalized spacial score (nSPS) is 18.9. The Bertz CT molecular complexity index is 432. The maximum absolute atomic E-state index is 12.0. The highest BCUT2D eigenvalue weighted by atomic mass is 16.2. The molecule has 3 nitrogen and oxygen atoms in total. The molecule has 3 heteroatoms. The highest BCUT2D eigenvalue weighted by molar-refractivity contribution is 5.76. The minimum absolute atomic E-state index is 0.321. The SMILES string of the molecule is CCCC(=O)N(CC)CC1CCN(Cc2ccccc2)C1. The molecule has 0 saturated carbocycles. The smallest absolute Gasteiger partial charge is 0.222 e. The molecule has 116 valence electrons. The van der Waals surface area contributed by atoms with E-state index in [2.05, 4.69) is 49.1 Å². The van der Waals surface area contributed by atoms with Crippen LogP contribution in [0.3, 0.4) is 0 Å². The summed E-state index contributed by atoms with van der Waals surface area (Å²) >= 11 is 0. The predicted molar refractivity (Wildman–Crippen MR) is 87.0 cm³/mol. The number of benzene rings is 1. The number of carbonyl (C=O) groups is 1. The number of hydrogen-bond donors (Lipinski definition) is 0. The first kappa shape index (κ1) is 16.0. The summed E-state index contributed by atoms with van der Waals surface area (Å²) in [6, 6.07) is 10.7. The van der Waals surface area contributed by atoms with E-state index in [0.717, 1.165) is 39.1 Å². The van der Waals surface area contributed by atoms with Gasteiger partial charge in [0.15, 0.2) is 0 Å². The lowest BCUT2D eigenvalue weighted by atomic mass is 10.1. The number of carbonyl (C=O) groups excluding carboxylic acids is 1. The average molecular weight is 288 g/mol. The van der Waals surface area contributed by atoms with Crippen LogP contribution in [0.5, 0.6) is 0 Å². The van der Waals surface area contributed by atoms with Crippen LogP contribution in [0, 0.1) is 5.92 Å². The van der Waals surface area contributed by atoms with Crippen molar-refractivity contribution in [3.05, 3.63) is 35.9 Å². The zero-order chi connectivity index (χ0) is 15.1. The molecule has 1 unspecified atom stereocenters. The van der Waals surface area contributed by atoms with Gasteiger partial charge in [-0.15, -0.1) is 0 Å². The van der Waals surface area contributed by atoms with Gasteiger partial charge in [-0.25, -0.2) is 0 Å². The minimum Gasteiger partial charge on any atom is -0.343 e. The zero-order valence-electron chi connectivity index (χ0n) is 13.4. The first-order valence-corrected chi connectivity index (χ1v) is 8.27. The van der Waals surface area contributed by atoms with E-state index >= 15 is 0 Å². The van der Waals surface area contributed by atoms with Gasteiger partial charge in [-0.05, 0) is 37.8 Å². The van der Waals surface area contributed by atoms with Crippen molar-refractivity contribution in [2.24, 2.45) is 5.92 Å². The Balaban J connectivity index is 1.80. The van der Waals surface area contributed by atoms with Crippen molar-refractivity contribution in [1.82, 2.24) is 9.80 Å². The molecule has 1 aliphatic rings. The molecule has 2 rings (SSSR count). The molecule has 1 aliphatic heterocycles. The van der Waals surface area contributed by atoms with Crippen LogP contribution in [0.25, 0.3) is 0 Å². The molecular weight excluding hydrogens is 260 g/mol. The van der Waals surface area contributed by atoms with E-state index in [0.29, 0.717) is 18.2 Å². The van der Waals surface area contributed by atoms with Crippen LogP contribution in [0.2, 0.25) is 0 Å². The Hall–Kier alpha value is -1.35. The van der Waals surface area contributed by atoms with Crippen molar-refractivity contribution in [2.45, 2.75) is 39.7 Å². The van der Waals surface area contributed by atoms with E-state index in [-0.39, 0.29) is 0 Å². The monoisotopic (exact) mass is 288 g/mol. The van der Waals surface area contributed by atoms with Gasteiger partial charge in [0.2, 0.25) is 5.91 Å². The second-order valence-electron chi connectivity index (χ2n) is 6.06. The third-order valence-corrected chi connectivity index (χ3v) is 4.30. The van der Waals surface area contributed by atoms with Crippen molar-refractivity contribution < 1.29 is 4.79 Å². The quantitative estimate of drug-likeness (QED) is 0.769. The van der Waals surface area contributed by atoms with Gasteiger partial charge in [0, 0.05) is 32.6 Å². The van der Waals surface area contributed by atoms with Gasteiger partial charge in [-0.3, -0.25) is 9.69 Å². The molecule has 1 atom stereocenters. The number of likely N-dealkylation sites (tertiary alicyclic amines) is 1. The molecule has 1 aromatic rings. The topological polar surface area (TPSA) is 23.6 Å². The molecule has 21 heavy (non-hydrogen) atoms. The molecule has 0 radical (unpaired) electrons. The highest BCUT2D eigenvalue weighted by Gasteiger charge is 2.25. The fourth-order valence-electron chi connectivity index (χ4n) is 3.14. The van der Waals surface area contributed by atoms with E-state index < -0.39 is 0 Å². The molecular formula is C18H28N2O. The van der Waals surface area contributed by atoms with Crippen LogP contribution in [-0.4, -0.2) is 41.9 Å². The largest absolute Gasteiger partial charge is 0.343 e. The third kappa shape index (κ3) is 4.85. The van der Waals surface area contributed by atoms with Gasteiger partial charge in [0.1, 0.15) is 0 Å². The van der Waals surface area contributed by atoms with Gasteiger partial charge in [0.25, 0.3) is 0 Å². The minimum atomic E-state index is 0.321. The molecule has 0 spiro atoms. The number of hydrogen-bond acceptors (Lipinski definition) is 2. The molecule has 0 aliphatic carbocycles. The first-order valence-electron chi connectivity index (χ1n) is 8.27. The number of nitrogens with zero attached hydrogens (tertiary/aromatic N) is 2. The molecule has 1 saturated heterocycles. The molecule has 1 heterocycles. The van der Waals surface area contributed by atoms with Crippen molar-refractivity contribution in [2.75, 3.05) is 26.2 Å². The summed E-state index contributed by atoms with van der Waals surface area (Å²) in [6.07, 6.45) is 2.84. The lowest BCUT2D eigenvalue weighted by Crippen LogP contribution is -2.36. The lowest BCUT2D eigenvalue weighted by molar-refractivity contribution is -0.131. The summed E-state index contributed by atoms with van der Waals surface area (Å²) < 4.78 is 0. The van der Waals surface area contributed by atoms with E-state index in [4.69, 9.17) is 0 Å². The predicted octanol–water partition coefficient (Wildman–Crippen LogP) is 3.16. The summed E-state index contributed by atoms with van der Waals surface area (Å²) in [4.78, 5) is 16.6. The summed E-state index contributed by atoms with van der Waals surface area (Å²) in [5, 5.41) is 0. The van der Waals surface area contributed by atoms with Gasteiger partial charge >= 0.3 is 0 Å². The highest BCUT2D eigenvalue weighted by Crippen LogP contribution is 2.20. The molecule has 0 N–H and O–H groups in total. The van der Waals surface area contributed by atoms with Crippen LogP contribution >= 0.6 is 0 Å². The summed E-state index contributed by atoms with van der Waals surface area (Å²) in [7, 11) is 0. The van der Waals surface area contributed by atoms with Crippen LogP contribution in [0.4, 0.5) is 0 Å². The Morgan fingerprint density at radius 2 is 2.05 bits per heavy atom. The fraction of sp³-hybridized carbons (Fsp3) is 0.611. The van der Waals surface area contributed by atoms with E-state index in [1.165, 1.54) is 12.0 Å². The van der Waals surface area contributed by atoms with Crippen molar-refractivity contribution >= 4 is 5.91 Å². The van der Waals surface area contributed by atoms with Crippen LogP contribution in [0.15, 0.2) is 30.3 Å². The van der Waals surface area contributed by atoms with Crippen LogP contribution < -0.4 is 0 Å². The van der Waals surface area contributed by atoms with Gasteiger partial charge in [-0.1, -0.05) is 37.3 Å². The Morgan fingerprint density at radius 3 is 2.71 bits per heavy atom. The molecule has 0 bridgehead atoms. The van der Waals surface area contributed by atoms with Crippen molar-refractivity contribution in [3.8, 4) is 0 Å². The van der Waals surface area contributed by atoms with Crippen LogP contribution in [0.1, 0.15) is 38.7 Å². The van der Waals surface area contributed by atoms with Crippen molar-refractivity contribution in [1.29, 1.82) is 0 Å². The molecule has 0 aromatic heterocycles. The zero-order valence-corrected chi connectivity index (χ0v) is 13.4. The standard InChI is InChI=1S/C18H28N2O/c1-3-8-18(21)20(4-2)15-17-11-12-19(14-17)13-16-9-6-5-7-10-16/h5-7,9-10,17H,3-4,8,11-15H2,1-2H3. The number of amides is 1. The maximum Gasteiger partial charge on any atom is 0.222 e. The Kier molecular flexibility index (Phi) is 6.24. The maximum atomic E-state index is 12.0. The first-order chi connectivity index (χ1) is 10.2. The van der Waals surface area contributed by atoms with Crippen LogP contribution in [-0.2, 0) is 11.3 Å². The van der Waals surface area contributed by atoms with E-state index in [9.17, 15) is 4.79 Å². The fourth-order valence-corrected chi connectivity index (χ4v) is 3.14. The molecule has 1 aromatic carbocycles. The van der Waals surface area contributed by atoms with E-state index in [1.54, 1.807) is 0 Å². The second-order valence-corrected chi connectivity index (χ2v) is 6.06. The molecule has 1 fully saturated rings.